The third-order valence-electron chi connectivity index (χ3n) is 3.86. The Bertz CT molecular complexity index is 685. The van der Waals surface area contributed by atoms with Crippen molar-refractivity contribution in [3.8, 4) is 5.75 Å². The number of nitrogens with zero attached hydrogens (tertiary/aromatic N) is 1. The van der Waals surface area contributed by atoms with E-state index in [9.17, 15) is 10.1 Å². The van der Waals surface area contributed by atoms with Crippen molar-refractivity contribution in [2.45, 2.75) is 18.9 Å². The number of nitro groups is 1. The van der Waals surface area contributed by atoms with Crippen LogP contribution in [0.5, 0.6) is 5.75 Å². The second-order valence-electron chi connectivity index (χ2n) is 5.17. The molecule has 1 aliphatic carbocycles. The Kier molecular flexibility index (Phi) is 3.58. The number of nitrogens with two attached hydrogens (primary N) is 1. The van der Waals surface area contributed by atoms with Gasteiger partial charge < -0.3 is 10.5 Å². The summed E-state index contributed by atoms with van der Waals surface area (Å²) in [6.45, 7) is 0.733. The van der Waals surface area contributed by atoms with Crippen molar-refractivity contribution in [1.29, 1.82) is 0 Å². The molecule has 1 aliphatic rings. The minimum atomic E-state index is -0.427. The van der Waals surface area contributed by atoms with Crippen LogP contribution < -0.4 is 10.5 Å². The molecule has 5 heteroatoms. The van der Waals surface area contributed by atoms with Gasteiger partial charge in [-0.05, 0) is 29.2 Å². The van der Waals surface area contributed by atoms with Crippen LogP contribution in [0.4, 0.5) is 5.69 Å². The van der Waals surface area contributed by atoms with Gasteiger partial charge in [0.05, 0.1) is 11.5 Å². The molecular formula is C16H16N2O3. The van der Waals surface area contributed by atoms with E-state index in [0.29, 0.717) is 18.3 Å². The van der Waals surface area contributed by atoms with Gasteiger partial charge in [0.1, 0.15) is 0 Å². The van der Waals surface area contributed by atoms with Gasteiger partial charge in [-0.3, -0.25) is 10.1 Å². The molecule has 0 heterocycles. The van der Waals surface area contributed by atoms with Crippen LogP contribution in [-0.4, -0.2) is 11.5 Å². The maximum absolute atomic E-state index is 11.1. The van der Waals surface area contributed by atoms with E-state index in [1.165, 1.54) is 17.2 Å². The molecular weight excluding hydrogens is 268 g/mol. The molecule has 2 N–H and O–H groups in total. The zero-order chi connectivity index (χ0) is 14.8. The van der Waals surface area contributed by atoms with E-state index in [1.54, 1.807) is 12.1 Å². The van der Waals surface area contributed by atoms with E-state index in [4.69, 9.17) is 10.5 Å². The summed E-state index contributed by atoms with van der Waals surface area (Å²) < 4.78 is 5.68. The molecule has 1 atom stereocenters. The third kappa shape index (κ3) is 2.60. The summed E-state index contributed by atoms with van der Waals surface area (Å²) in [7, 11) is 0. The highest BCUT2D eigenvalue weighted by Gasteiger charge is 2.27. The lowest BCUT2D eigenvalue weighted by atomic mass is 9.78. The van der Waals surface area contributed by atoms with Crippen LogP contribution in [0, 0.1) is 10.1 Å². The van der Waals surface area contributed by atoms with Gasteiger partial charge in [-0.2, -0.15) is 0 Å². The molecule has 2 aromatic rings. The van der Waals surface area contributed by atoms with E-state index in [1.807, 2.05) is 12.1 Å². The molecule has 5 nitrogen and oxygen atoms in total. The summed E-state index contributed by atoms with van der Waals surface area (Å²) in [6.07, 6.45) is 0.963. The van der Waals surface area contributed by atoms with Crippen LogP contribution in [-0.2, 0) is 13.0 Å². The zero-order valence-corrected chi connectivity index (χ0v) is 11.5. The van der Waals surface area contributed by atoms with E-state index in [2.05, 4.69) is 12.1 Å². The Labute approximate surface area is 122 Å². The number of hydrogen-bond acceptors (Lipinski definition) is 4. The first-order valence-corrected chi connectivity index (χ1v) is 6.87. The molecule has 0 aliphatic heterocycles. The summed E-state index contributed by atoms with van der Waals surface area (Å²) in [5.74, 6) is 0.622. The Balaban J connectivity index is 1.73. The maximum atomic E-state index is 11.1. The van der Waals surface area contributed by atoms with Gasteiger partial charge >= 0.3 is 5.69 Å². The first kappa shape index (κ1) is 13.6. The number of benzene rings is 2. The molecule has 21 heavy (non-hydrogen) atoms. The molecule has 0 saturated carbocycles. The standard InChI is InChI=1S/C16H16N2O3/c17-9-11-5-6-16(15(7-11)18(19)20)21-10-13-8-12-3-1-2-4-14(12)13/h1-7,13H,8-10,17H2. The Morgan fingerprint density at radius 3 is 2.81 bits per heavy atom. The monoisotopic (exact) mass is 284 g/mol. The van der Waals surface area contributed by atoms with Crippen LogP contribution >= 0.6 is 0 Å². The predicted molar refractivity (Wildman–Crippen MR) is 79.4 cm³/mol. The molecule has 0 saturated heterocycles. The number of rotatable bonds is 5. The topological polar surface area (TPSA) is 78.4 Å². The van der Waals surface area contributed by atoms with Gasteiger partial charge in [-0.25, -0.2) is 0 Å². The van der Waals surface area contributed by atoms with E-state index < -0.39 is 4.92 Å². The van der Waals surface area contributed by atoms with Crippen LogP contribution in [0.1, 0.15) is 22.6 Å². The number of hydrogen-bond donors (Lipinski definition) is 1. The first-order valence-electron chi connectivity index (χ1n) is 6.87. The molecule has 0 aromatic heterocycles. The van der Waals surface area contributed by atoms with Gasteiger partial charge in [-0.1, -0.05) is 30.3 Å². The fourth-order valence-corrected chi connectivity index (χ4v) is 2.66. The zero-order valence-electron chi connectivity index (χ0n) is 11.5. The second kappa shape index (κ2) is 5.54. The fraction of sp³-hybridized carbons (Fsp3) is 0.250. The van der Waals surface area contributed by atoms with Crippen LogP contribution in [0.25, 0.3) is 0 Å². The SMILES string of the molecule is NCc1ccc(OCC2Cc3ccccc32)c([N+](=O)[O-])c1. The average molecular weight is 284 g/mol. The highest BCUT2D eigenvalue weighted by molar-refractivity contribution is 5.49. The van der Waals surface area contributed by atoms with Crippen LogP contribution in [0.15, 0.2) is 42.5 Å². The number of fused-ring (bicyclic) bond motifs is 1. The van der Waals surface area contributed by atoms with Gasteiger partial charge in [0.25, 0.3) is 0 Å². The summed E-state index contributed by atoms with van der Waals surface area (Å²) in [6, 6.07) is 13.1. The Morgan fingerprint density at radius 2 is 2.10 bits per heavy atom. The lowest BCUT2D eigenvalue weighted by Crippen LogP contribution is -2.23. The van der Waals surface area contributed by atoms with Crippen molar-refractivity contribution in [3.05, 3.63) is 69.3 Å². The molecule has 0 bridgehead atoms. The Hall–Kier alpha value is -2.40. The highest BCUT2D eigenvalue weighted by atomic mass is 16.6. The van der Waals surface area contributed by atoms with Crippen molar-refractivity contribution in [1.82, 2.24) is 0 Å². The second-order valence-corrected chi connectivity index (χ2v) is 5.17. The smallest absolute Gasteiger partial charge is 0.311 e. The minimum Gasteiger partial charge on any atom is -0.486 e. The summed E-state index contributed by atoms with van der Waals surface area (Å²) in [5, 5.41) is 11.1. The molecule has 0 spiro atoms. The van der Waals surface area contributed by atoms with Crippen LogP contribution in [0.3, 0.4) is 0 Å². The van der Waals surface area contributed by atoms with Gasteiger partial charge in [0.15, 0.2) is 5.75 Å². The molecule has 0 radical (unpaired) electrons. The van der Waals surface area contributed by atoms with Crippen molar-refractivity contribution in [2.75, 3.05) is 6.61 Å². The fourth-order valence-electron chi connectivity index (χ4n) is 2.66. The summed E-state index contributed by atoms with van der Waals surface area (Å²) >= 11 is 0. The van der Waals surface area contributed by atoms with Crippen LogP contribution in [0.2, 0.25) is 0 Å². The Morgan fingerprint density at radius 1 is 1.29 bits per heavy atom. The normalized spacial score (nSPS) is 16.0. The molecule has 0 fully saturated rings. The quantitative estimate of drug-likeness (QED) is 0.676. The number of ether oxygens (including phenoxy) is 1. The van der Waals surface area contributed by atoms with E-state index in [0.717, 1.165) is 12.0 Å². The largest absolute Gasteiger partial charge is 0.486 e. The predicted octanol–water partition coefficient (Wildman–Crippen LogP) is 2.77. The summed E-state index contributed by atoms with van der Waals surface area (Å²) in [4.78, 5) is 10.7. The summed E-state index contributed by atoms with van der Waals surface area (Å²) in [5.41, 5.74) is 8.82. The van der Waals surface area contributed by atoms with Crippen molar-refractivity contribution < 1.29 is 9.66 Å². The van der Waals surface area contributed by atoms with Crippen molar-refractivity contribution in [3.63, 3.8) is 0 Å². The highest BCUT2D eigenvalue weighted by Crippen LogP contribution is 2.36. The van der Waals surface area contributed by atoms with Crippen molar-refractivity contribution in [2.24, 2.45) is 5.73 Å². The lowest BCUT2D eigenvalue weighted by molar-refractivity contribution is -0.385. The van der Waals surface area contributed by atoms with E-state index in [-0.39, 0.29) is 12.2 Å². The van der Waals surface area contributed by atoms with Crippen molar-refractivity contribution >= 4 is 5.69 Å². The molecule has 1 unspecified atom stereocenters. The van der Waals surface area contributed by atoms with Gasteiger partial charge in [0, 0.05) is 18.5 Å². The molecule has 0 amide bonds. The van der Waals surface area contributed by atoms with Gasteiger partial charge in [0.2, 0.25) is 0 Å². The third-order valence-corrected chi connectivity index (χ3v) is 3.86. The first-order chi connectivity index (χ1) is 10.2. The number of nitro benzene ring substituents is 1. The average Bonchev–Trinajstić information content (AvgIpc) is 2.48. The minimum absolute atomic E-state index is 0.0226. The molecule has 3 rings (SSSR count). The van der Waals surface area contributed by atoms with Gasteiger partial charge in [-0.15, -0.1) is 0 Å². The lowest BCUT2D eigenvalue weighted by Gasteiger charge is -2.29. The van der Waals surface area contributed by atoms with E-state index >= 15 is 0 Å². The molecule has 2 aromatic carbocycles. The molecule has 108 valence electrons. The maximum Gasteiger partial charge on any atom is 0.311 e.